The Balaban J connectivity index is 2.01. The number of halogens is 2. The Kier molecular flexibility index (Phi) is 3.28. The fourth-order valence-corrected chi connectivity index (χ4v) is 2.07. The minimum Gasteiger partial charge on any atom is -0.487 e. The summed E-state index contributed by atoms with van der Waals surface area (Å²) in [5, 5.41) is 0. The maximum atomic E-state index is 13.3. The molecule has 1 saturated carbocycles. The van der Waals surface area contributed by atoms with Crippen LogP contribution in [0, 0.1) is 17.0 Å². The molecule has 1 fully saturated rings. The van der Waals surface area contributed by atoms with Crippen LogP contribution in [0.1, 0.15) is 19.3 Å². The smallest absolute Gasteiger partial charge is 0.190 e. The second-order valence-electron chi connectivity index (χ2n) is 4.48. The molecule has 1 aliphatic carbocycles. The first-order valence-electron chi connectivity index (χ1n) is 5.38. The quantitative estimate of drug-likeness (QED) is 0.824. The molecule has 1 aromatic rings. The summed E-state index contributed by atoms with van der Waals surface area (Å²) in [7, 11) is 0. The van der Waals surface area contributed by atoms with Crippen molar-refractivity contribution in [1.29, 1.82) is 0 Å². The first-order chi connectivity index (χ1) is 8.02. The maximum Gasteiger partial charge on any atom is 0.190 e. The van der Waals surface area contributed by atoms with E-state index in [4.69, 9.17) is 22.7 Å². The number of rotatable bonds is 5. The third-order valence-electron chi connectivity index (χ3n) is 2.95. The molecule has 2 nitrogen and oxygen atoms in total. The maximum absolute atomic E-state index is 13.3. The standard InChI is InChI=1S/C12H13F2NOS/c13-8-2-1-3-9(14)11(8)16-7-12(4-5-12)6-10(15)17/h1-3H,4-7H2,(H2,15,17). The average Bonchev–Trinajstić information content (AvgIpc) is 2.96. The minimum absolute atomic E-state index is 0.111. The number of thiocarbonyl (C=S) groups is 1. The van der Waals surface area contributed by atoms with Gasteiger partial charge in [-0.25, -0.2) is 8.78 Å². The largest absolute Gasteiger partial charge is 0.487 e. The third kappa shape index (κ3) is 2.91. The van der Waals surface area contributed by atoms with Gasteiger partial charge < -0.3 is 10.5 Å². The van der Waals surface area contributed by atoms with Gasteiger partial charge in [0, 0.05) is 11.8 Å². The zero-order valence-corrected chi connectivity index (χ0v) is 10.0. The molecule has 0 amide bonds. The van der Waals surface area contributed by atoms with E-state index in [2.05, 4.69) is 0 Å². The number of nitrogens with two attached hydrogens (primary N) is 1. The Morgan fingerprint density at radius 1 is 1.35 bits per heavy atom. The van der Waals surface area contributed by atoms with Crippen LogP contribution in [0.2, 0.25) is 0 Å². The fraction of sp³-hybridized carbons (Fsp3) is 0.417. The molecule has 0 spiro atoms. The van der Waals surface area contributed by atoms with Crippen molar-refractivity contribution in [1.82, 2.24) is 0 Å². The third-order valence-corrected chi connectivity index (χ3v) is 3.09. The predicted molar refractivity (Wildman–Crippen MR) is 64.9 cm³/mol. The molecule has 5 heteroatoms. The highest BCUT2D eigenvalue weighted by Crippen LogP contribution is 2.49. The SMILES string of the molecule is NC(=S)CC1(COc2c(F)cccc2F)CC1. The zero-order chi connectivity index (χ0) is 12.5. The van der Waals surface area contributed by atoms with Crippen molar-refractivity contribution in [3.63, 3.8) is 0 Å². The van der Waals surface area contributed by atoms with E-state index in [1.807, 2.05) is 0 Å². The van der Waals surface area contributed by atoms with Gasteiger partial charge in [0.15, 0.2) is 17.4 Å². The van der Waals surface area contributed by atoms with E-state index in [-0.39, 0.29) is 17.8 Å². The summed E-state index contributed by atoms with van der Waals surface area (Å²) in [6.07, 6.45) is 2.43. The molecular weight excluding hydrogens is 244 g/mol. The van der Waals surface area contributed by atoms with E-state index in [1.165, 1.54) is 18.2 Å². The normalized spacial score (nSPS) is 16.6. The average molecular weight is 257 g/mol. The number of para-hydroxylation sites is 1. The van der Waals surface area contributed by atoms with Crippen LogP contribution in [-0.2, 0) is 0 Å². The van der Waals surface area contributed by atoms with Gasteiger partial charge in [0.25, 0.3) is 0 Å². The summed E-state index contributed by atoms with van der Waals surface area (Å²) in [5.41, 5.74) is 5.36. The lowest BCUT2D eigenvalue weighted by Gasteiger charge is -2.16. The predicted octanol–water partition coefficient (Wildman–Crippen LogP) is 2.80. The van der Waals surface area contributed by atoms with Gasteiger partial charge in [-0.05, 0) is 25.0 Å². The molecule has 0 aromatic heterocycles. The molecular formula is C12H13F2NOS. The van der Waals surface area contributed by atoms with Crippen LogP contribution in [0.5, 0.6) is 5.75 Å². The lowest BCUT2D eigenvalue weighted by atomic mass is 10.0. The van der Waals surface area contributed by atoms with Gasteiger partial charge >= 0.3 is 0 Å². The van der Waals surface area contributed by atoms with Crippen LogP contribution in [-0.4, -0.2) is 11.6 Å². The summed E-state index contributed by atoms with van der Waals surface area (Å²) in [4.78, 5) is 0.417. The monoisotopic (exact) mass is 257 g/mol. The van der Waals surface area contributed by atoms with Gasteiger partial charge in [0.05, 0.1) is 11.6 Å². The Morgan fingerprint density at radius 2 is 1.94 bits per heavy atom. The molecule has 1 aliphatic rings. The molecule has 1 aromatic carbocycles. The first kappa shape index (κ1) is 12.2. The van der Waals surface area contributed by atoms with Crippen molar-refractivity contribution in [3.8, 4) is 5.75 Å². The van der Waals surface area contributed by atoms with Gasteiger partial charge in [-0.2, -0.15) is 0 Å². The summed E-state index contributed by atoms with van der Waals surface area (Å²) < 4.78 is 31.8. The first-order valence-corrected chi connectivity index (χ1v) is 5.78. The fourth-order valence-electron chi connectivity index (χ4n) is 1.76. The Bertz CT molecular complexity index is 426. The summed E-state index contributed by atoms with van der Waals surface area (Å²) in [6.45, 7) is 0.252. The molecule has 0 unspecified atom stereocenters. The zero-order valence-electron chi connectivity index (χ0n) is 9.21. The summed E-state index contributed by atoms with van der Waals surface area (Å²) in [6, 6.07) is 3.65. The van der Waals surface area contributed by atoms with E-state index in [1.54, 1.807) is 0 Å². The highest BCUT2D eigenvalue weighted by molar-refractivity contribution is 7.80. The molecule has 17 heavy (non-hydrogen) atoms. The van der Waals surface area contributed by atoms with Gasteiger partial charge in [-0.1, -0.05) is 18.3 Å². The lowest BCUT2D eigenvalue weighted by Crippen LogP contribution is -2.21. The lowest BCUT2D eigenvalue weighted by molar-refractivity contribution is 0.220. The topological polar surface area (TPSA) is 35.2 Å². The van der Waals surface area contributed by atoms with Gasteiger partial charge in [0.2, 0.25) is 0 Å². The molecule has 0 heterocycles. The van der Waals surface area contributed by atoms with Crippen molar-refractivity contribution in [3.05, 3.63) is 29.8 Å². The Hall–Kier alpha value is -1.23. The molecule has 92 valence electrons. The van der Waals surface area contributed by atoms with E-state index < -0.39 is 11.6 Å². The van der Waals surface area contributed by atoms with Crippen molar-refractivity contribution in [2.24, 2.45) is 11.1 Å². The van der Waals surface area contributed by atoms with Crippen molar-refractivity contribution in [2.75, 3.05) is 6.61 Å². The highest BCUT2D eigenvalue weighted by Gasteiger charge is 2.44. The number of ether oxygens (including phenoxy) is 1. The van der Waals surface area contributed by atoms with E-state index >= 15 is 0 Å². The number of hydrogen-bond acceptors (Lipinski definition) is 2. The molecule has 2 N–H and O–H groups in total. The van der Waals surface area contributed by atoms with E-state index in [0.717, 1.165) is 12.8 Å². The summed E-state index contributed by atoms with van der Waals surface area (Å²) in [5.74, 6) is -1.69. The molecule has 0 aliphatic heterocycles. The minimum atomic E-state index is -0.684. The van der Waals surface area contributed by atoms with Crippen LogP contribution in [0.15, 0.2) is 18.2 Å². The molecule has 2 rings (SSSR count). The van der Waals surface area contributed by atoms with Crippen LogP contribution in [0.4, 0.5) is 8.78 Å². The van der Waals surface area contributed by atoms with Crippen molar-refractivity contribution in [2.45, 2.75) is 19.3 Å². The Labute approximate surface area is 104 Å². The second-order valence-corrected chi connectivity index (χ2v) is 5.01. The molecule has 0 radical (unpaired) electrons. The van der Waals surface area contributed by atoms with Crippen LogP contribution in [0.3, 0.4) is 0 Å². The second kappa shape index (κ2) is 4.56. The van der Waals surface area contributed by atoms with Crippen LogP contribution in [0.25, 0.3) is 0 Å². The van der Waals surface area contributed by atoms with Gasteiger partial charge in [-0.3, -0.25) is 0 Å². The van der Waals surface area contributed by atoms with Crippen LogP contribution >= 0.6 is 12.2 Å². The van der Waals surface area contributed by atoms with Gasteiger partial charge in [0.1, 0.15) is 0 Å². The van der Waals surface area contributed by atoms with Crippen molar-refractivity contribution < 1.29 is 13.5 Å². The molecule has 0 bridgehead atoms. The van der Waals surface area contributed by atoms with Crippen molar-refractivity contribution >= 4 is 17.2 Å². The molecule has 0 saturated heterocycles. The van der Waals surface area contributed by atoms with E-state index in [9.17, 15) is 8.78 Å². The summed E-state index contributed by atoms with van der Waals surface area (Å²) >= 11 is 4.84. The highest BCUT2D eigenvalue weighted by atomic mass is 32.1. The van der Waals surface area contributed by atoms with Gasteiger partial charge in [-0.15, -0.1) is 0 Å². The van der Waals surface area contributed by atoms with E-state index in [0.29, 0.717) is 11.4 Å². The number of hydrogen-bond donors (Lipinski definition) is 1. The Morgan fingerprint density at radius 3 is 2.41 bits per heavy atom. The molecule has 0 atom stereocenters. The van der Waals surface area contributed by atoms with Crippen LogP contribution < -0.4 is 10.5 Å². The number of benzene rings is 1.